The van der Waals surface area contributed by atoms with Crippen molar-refractivity contribution in [3.63, 3.8) is 0 Å². The molecule has 5 N–H and O–H groups in total. The van der Waals surface area contributed by atoms with Gasteiger partial charge in [-0.25, -0.2) is 4.79 Å². The first-order chi connectivity index (χ1) is 25.9. The number of phenols is 1. The van der Waals surface area contributed by atoms with E-state index in [1.807, 2.05) is 6.08 Å². The van der Waals surface area contributed by atoms with Crippen LogP contribution >= 0.6 is 0 Å². The third kappa shape index (κ3) is 8.37. The van der Waals surface area contributed by atoms with Gasteiger partial charge in [-0.1, -0.05) is 36.5 Å². The monoisotopic (exact) mass is 756 g/mol. The number of hydrogen-bond acceptors (Lipinski definition) is 16. The van der Waals surface area contributed by atoms with E-state index >= 15 is 0 Å². The molecule has 1 aromatic rings. The maximum absolute atomic E-state index is 13.5. The summed E-state index contributed by atoms with van der Waals surface area (Å²) in [4.78, 5) is 64.9. The van der Waals surface area contributed by atoms with E-state index in [2.05, 4.69) is 0 Å². The number of carbonyl (C=O) groups is 5. The summed E-state index contributed by atoms with van der Waals surface area (Å²) in [6.07, 6.45) is 1.49. The van der Waals surface area contributed by atoms with Crippen LogP contribution in [-0.2, 0) is 54.3 Å². The molecule has 1 saturated carbocycles. The van der Waals surface area contributed by atoms with Crippen molar-refractivity contribution in [1.82, 2.24) is 0 Å². The number of ether oxygens (including phenoxy) is 6. The maximum Gasteiger partial charge on any atom is 0.350 e. The van der Waals surface area contributed by atoms with Gasteiger partial charge in [-0.3, -0.25) is 19.2 Å². The number of esters is 4. The summed E-state index contributed by atoms with van der Waals surface area (Å²) in [5.41, 5.74) is -3.13. The van der Waals surface area contributed by atoms with E-state index in [0.29, 0.717) is 38.5 Å². The molecule has 11 atom stereocenters. The van der Waals surface area contributed by atoms with Gasteiger partial charge in [0.15, 0.2) is 18.0 Å². The van der Waals surface area contributed by atoms with Gasteiger partial charge in [0.25, 0.3) is 5.60 Å². The van der Waals surface area contributed by atoms with Crippen LogP contribution < -0.4 is 4.74 Å². The number of allylic oxidation sites excluding steroid dienone is 3. The average molecular weight is 757 g/mol. The molecule has 0 amide bonds. The molecule has 0 bridgehead atoms. The van der Waals surface area contributed by atoms with Crippen LogP contribution in [0.15, 0.2) is 54.7 Å². The standard InChI is InChI=1S/C38H44O16/c39-24-13-15-26(23(17-24)18-50-37(47)38(48)28(41)16-14-25(40)32(38)54-35(46)22-11-5-6-12-22)51-36-31(53-34(45)21-9-3-4-10-21)30(43)29(42)27(52-36)19-49-33(44)20-7-1-2-8-20/h1,3,5,7,9,11,13,15,17,20-22,25,27,29-32,36,39-40,42-43,48H,2,4,6,8,10,12,14,16,18-19H2/t20-,21-,22-,25+,27+,29+,30+,31+,32+,36-,38-/m1/s1. The fourth-order valence-corrected chi connectivity index (χ4v) is 7.08. The van der Waals surface area contributed by atoms with Crippen LogP contribution in [0.3, 0.4) is 0 Å². The Bertz CT molecular complexity index is 1680. The van der Waals surface area contributed by atoms with E-state index in [4.69, 9.17) is 28.4 Å². The Morgan fingerprint density at radius 1 is 0.796 bits per heavy atom. The van der Waals surface area contributed by atoms with Crippen LogP contribution in [-0.4, -0.2) is 110 Å². The van der Waals surface area contributed by atoms with Crippen molar-refractivity contribution >= 4 is 29.7 Å². The molecule has 4 aliphatic carbocycles. The van der Waals surface area contributed by atoms with Gasteiger partial charge in [0, 0.05) is 12.0 Å². The van der Waals surface area contributed by atoms with Crippen molar-refractivity contribution in [2.75, 3.05) is 6.61 Å². The minimum Gasteiger partial charge on any atom is -0.508 e. The van der Waals surface area contributed by atoms with Gasteiger partial charge in [0.1, 0.15) is 43.0 Å². The van der Waals surface area contributed by atoms with E-state index in [1.54, 1.807) is 30.4 Å². The molecule has 0 unspecified atom stereocenters. The summed E-state index contributed by atoms with van der Waals surface area (Å²) in [6.45, 7) is -1.25. The van der Waals surface area contributed by atoms with Crippen LogP contribution in [0, 0.1) is 17.8 Å². The lowest BCUT2D eigenvalue weighted by Crippen LogP contribution is -2.64. The Morgan fingerprint density at radius 3 is 2.02 bits per heavy atom. The Morgan fingerprint density at radius 2 is 1.41 bits per heavy atom. The van der Waals surface area contributed by atoms with Gasteiger partial charge in [0.05, 0.1) is 23.9 Å². The van der Waals surface area contributed by atoms with Crippen LogP contribution in [0.4, 0.5) is 0 Å². The highest BCUT2D eigenvalue weighted by Gasteiger charge is 2.59. The summed E-state index contributed by atoms with van der Waals surface area (Å²) in [7, 11) is 0. The van der Waals surface area contributed by atoms with E-state index in [9.17, 15) is 49.5 Å². The zero-order chi connectivity index (χ0) is 38.6. The molecule has 1 aliphatic heterocycles. The molecular weight excluding hydrogens is 712 g/mol. The molecule has 5 aliphatic rings. The van der Waals surface area contributed by atoms with Crippen molar-refractivity contribution in [2.45, 2.75) is 106 Å². The Hall–Kier alpha value is -4.61. The molecule has 0 spiro atoms. The van der Waals surface area contributed by atoms with Gasteiger partial charge in [-0.05, 0) is 63.1 Å². The molecule has 16 heteroatoms. The quantitative estimate of drug-likeness (QED) is 0.0864. The number of hydrogen-bond donors (Lipinski definition) is 5. The normalized spacial score (nSPS) is 34.4. The SMILES string of the molecule is O=C(OC[C@@H]1O[C@@H](Oc2ccc(O)cc2COC(=O)[C@@]2(O)C(=O)CC[C@H](O)[C@@H]2OC(=O)[C@@H]2C=CCC2)[C@@H](OC(=O)[C@@H]2C=CCC2)[C@@H](O)[C@H]1O)[C@@H]1C=CCC1. The van der Waals surface area contributed by atoms with Crippen LogP contribution in [0.5, 0.6) is 11.5 Å². The molecule has 6 rings (SSSR count). The molecule has 54 heavy (non-hydrogen) atoms. The van der Waals surface area contributed by atoms with Crippen LogP contribution in [0.25, 0.3) is 0 Å². The lowest BCUT2D eigenvalue weighted by molar-refractivity contribution is -0.284. The van der Waals surface area contributed by atoms with Gasteiger partial charge < -0.3 is 54.0 Å². The van der Waals surface area contributed by atoms with Gasteiger partial charge in [-0.15, -0.1) is 0 Å². The van der Waals surface area contributed by atoms with Crippen molar-refractivity contribution < 1.29 is 77.9 Å². The van der Waals surface area contributed by atoms with Crippen molar-refractivity contribution in [1.29, 1.82) is 0 Å². The highest BCUT2D eigenvalue weighted by atomic mass is 16.7. The fraction of sp³-hybridized carbons (Fsp3) is 0.553. The topological polar surface area (TPSA) is 242 Å². The average Bonchev–Trinajstić information content (AvgIpc) is 3.98. The molecule has 2 fully saturated rings. The zero-order valence-electron chi connectivity index (χ0n) is 29.3. The molecule has 0 aromatic heterocycles. The number of Topliss-reactive ketones (excluding diaryl/α,β-unsaturated/α-hetero) is 1. The molecule has 292 valence electrons. The molecule has 16 nitrogen and oxygen atoms in total. The minimum atomic E-state index is -3.06. The molecular formula is C38H44O16. The number of aromatic hydroxyl groups is 1. The number of carbonyl (C=O) groups excluding carboxylic acids is 5. The van der Waals surface area contributed by atoms with E-state index in [-0.39, 0.29) is 23.5 Å². The molecule has 0 radical (unpaired) electrons. The molecule has 1 aromatic carbocycles. The molecule has 1 heterocycles. The predicted molar refractivity (Wildman–Crippen MR) is 181 cm³/mol. The zero-order valence-corrected chi connectivity index (χ0v) is 29.3. The number of phenolic OH excluding ortho intramolecular Hbond substituents is 1. The van der Waals surface area contributed by atoms with Crippen molar-refractivity contribution in [3.8, 4) is 11.5 Å². The Labute approximate surface area is 309 Å². The third-order valence-corrected chi connectivity index (χ3v) is 10.3. The number of benzene rings is 1. The summed E-state index contributed by atoms with van der Waals surface area (Å²) < 4.78 is 33.7. The molecule has 1 saturated heterocycles. The van der Waals surface area contributed by atoms with Crippen LogP contribution in [0.1, 0.15) is 56.9 Å². The first-order valence-electron chi connectivity index (χ1n) is 18.1. The lowest BCUT2D eigenvalue weighted by atomic mass is 9.79. The summed E-state index contributed by atoms with van der Waals surface area (Å²) in [5.74, 6) is -6.95. The summed E-state index contributed by atoms with van der Waals surface area (Å²) >= 11 is 0. The second-order valence-electron chi connectivity index (χ2n) is 14.0. The second-order valence-corrected chi connectivity index (χ2v) is 14.0. The van der Waals surface area contributed by atoms with Gasteiger partial charge in [0.2, 0.25) is 6.29 Å². The maximum atomic E-state index is 13.5. The highest BCUT2D eigenvalue weighted by molar-refractivity contribution is 6.08. The fourth-order valence-electron chi connectivity index (χ4n) is 7.08. The third-order valence-electron chi connectivity index (χ3n) is 10.3. The van der Waals surface area contributed by atoms with Crippen molar-refractivity contribution in [2.24, 2.45) is 17.8 Å². The van der Waals surface area contributed by atoms with E-state index < -0.39 is 116 Å². The summed E-state index contributed by atoms with van der Waals surface area (Å²) in [6, 6.07) is 3.57. The Balaban J connectivity index is 1.20. The number of aliphatic hydroxyl groups is 4. The van der Waals surface area contributed by atoms with E-state index in [1.165, 1.54) is 12.1 Å². The van der Waals surface area contributed by atoms with Gasteiger partial charge in [-0.2, -0.15) is 0 Å². The predicted octanol–water partition coefficient (Wildman–Crippen LogP) is 0.981. The van der Waals surface area contributed by atoms with Crippen molar-refractivity contribution in [3.05, 3.63) is 60.2 Å². The lowest BCUT2D eigenvalue weighted by Gasteiger charge is -2.42. The first-order valence-corrected chi connectivity index (χ1v) is 18.1. The smallest absolute Gasteiger partial charge is 0.350 e. The minimum absolute atomic E-state index is 0.0654. The number of aliphatic hydroxyl groups excluding tert-OH is 3. The van der Waals surface area contributed by atoms with Gasteiger partial charge >= 0.3 is 23.9 Å². The van der Waals surface area contributed by atoms with Crippen LogP contribution in [0.2, 0.25) is 0 Å². The summed E-state index contributed by atoms with van der Waals surface area (Å²) in [5, 5.41) is 54.6. The largest absolute Gasteiger partial charge is 0.508 e. The number of ketones is 1. The highest BCUT2D eigenvalue weighted by Crippen LogP contribution is 2.35. The Kier molecular flexibility index (Phi) is 12.2. The second kappa shape index (κ2) is 16.8. The number of rotatable bonds is 12. The van der Waals surface area contributed by atoms with E-state index in [0.717, 1.165) is 6.07 Å². The first kappa shape index (κ1) is 39.1.